The first kappa shape index (κ1) is 23.8. The summed E-state index contributed by atoms with van der Waals surface area (Å²) in [6.07, 6.45) is 1.92. The van der Waals surface area contributed by atoms with E-state index in [0.717, 1.165) is 10.9 Å². The van der Waals surface area contributed by atoms with Gasteiger partial charge in [0.1, 0.15) is 11.3 Å². The number of fused-ring (bicyclic) bond motifs is 1. The van der Waals surface area contributed by atoms with Crippen LogP contribution in [0.25, 0.3) is 11.0 Å². The fraction of sp³-hybridized carbons (Fsp3) is 0.375. The first-order valence-corrected chi connectivity index (χ1v) is 12.1. The zero-order valence-corrected chi connectivity index (χ0v) is 19.4. The van der Waals surface area contributed by atoms with Gasteiger partial charge in [-0.3, -0.25) is 0 Å². The number of hydrogen-bond donors (Lipinski definition) is 1. The molecule has 8 heteroatoms. The van der Waals surface area contributed by atoms with E-state index in [4.69, 9.17) is 9.15 Å². The van der Waals surface area contributed by atoms with Crippen LogP contribution in [0.1, 0.15) is 39.2 Å². The Morgan fingerprint density at radius 3 is 2.53 bits per heavy atom. The van der Waals surface area contributed by atoms with Crippen molar-refractivity contribution >= 4 is 27.0 Å². The minimum absolute atomic E-state index is 0.0431. The number of furan rings is 1. The summed E-state index contributed by atoms with van der Waals surface area (Å²) in [7, 11) is -3.74. The van der Waals surface area contributed by atoms with Gasteiger partial charge in [-0.15, -0.1) is 0 Å². The van der Waals surface area contributed by atoms with Crippen molar-refractivity contribution in [2.45, 2.75) is 50.7 Å². The number of ether oxygens (including phenoxy) is 1. The number of rotatable bonds is 11. The number of hydrogen-bond acceptors (Lipinski definition) is 5. The van der Waals surface area contributed by atoms with Gasteiger partial charge >= 0.3 is 5.97 Å². The van der Waals surface area contributed by atoms with Crippen LogP contribution in [0.2, 0.25) is 0 Å². The number of aliphatic carboxylic acids is 1. The van der Waals surface area contributed by atoms with Gasteiger partial charge in [-0.1, -0.05) is 37.3 Å². The van der Waals surface area contributed by atoms with Crippen molar-refractivity contribution in [2.24, 2.45) is 0 Å². The number of carboxylic acid groups (broad SMARTS) is 1. The average molecular weight is 460 g/mol. The average Bonchev–Trinajstić information content (AvgIpc) is 3.18. The number of carboxylic acids is 1. The first-order valence-electron chi connectivity index (χ1n) is 10.6. The highest BCUT2D eigenvalue weighted by Gasteiger charge is 2.29. The molecule has 0 unspecified atom stereocenters. The largest absolute Gasteiger partial charge is 0.478 e. The summed E-state index contributed by atoms with van der Waals surface area (Å²) < 4.78 is 39.0. The quantitative estimate of drug-likeness (QED) is 0.446. The highest BCUT2D eigenvalue weighted by molar-refractivity contribution is 7.89. The molecule has 0 fully saturated rings. The van der Waals surface area contributed by atoms with Crippen LogP contribution in [-0.2, 0) is 21.2 Å². The maximum Gasteiger partial charge on any atom is 0.347 e. The molecule has 7 nitrogen and oxygen atoms in total. The normalized spacial score (nSPS) is 12.4. The molecular weight excluding hydrogens is 430 g/mol. The van der Waals surface area contributed by atoms with Gasteiger partial charge in [0.15, 0.2) is 5.60 Å². The molecule has 0 saturated carbocycles. The fourth-order valence-electron chi connectivity index (χ4n) is 3.38. The monoisotopic (exact) mass is 459 g/mol. The Labute approximate surface area is 188 Å². The molecule has 0 atom stereocenters. The summed E-state index contributed by atoms with van der Waals surface area (Å²) in [6, 6.07) is 16.0. The summed E-state index contributed by atoms with van der Waals surface area (Å²) in [4.78, 5) is 11.3. The topological polar surface area (TPSA) is 97.0 Å². The standard InChI is InChI=1S/C24H29NO6S/c1-4-14-25(32(28,29)22-17-19-11-5-6-13-21(19)30-22)15-8-10-18-9-7-12-20(16-18)31-24(2,3)23(26)27/h5-7,9,11-13,16-17H,4,8,10,14-15H2,1-3H3,(H,26,27). The van der Waals surface area contributed by atoms with Crippen molar-refractivity contribution in [3.63, 3.8) is 0 Å². The van der Waals surface area contributed by atoms with Crippen LogP contribution in [-0.4, -0.2) is 42.5 Å². The highest BCUT2D eigenvalue weighted by atomic mass is 32.2. The predicted molar refractivity (Wildman–Crippen MR) is 122 cm³/mol. The number of carbonyl (C=O) groups is 1. The lowest BCUT2D eigenvalue weighted by Crippen LogP contribution is -2.37. The molecule has 172 valence electrons. The Morgan fingerprint density at radius 2 is 1.84 bits per heavy atom. The van der Waals surface area contributed by atoms with Gasteiger partial charge < -0.3 is 14.3 Å². The number of sulfonamides is 1. The van der Waals surface area contributed by atoms with E-state index in [1.54, 1.807) is 30.3 Å². The first-order chi connectivity index (χ1) is 15.1. The van der Waals surface area contributed by atoms with Gasteiger partial charge in [-0.25, -0.2) is 13.2 Å². The van der Waals surface area contributed by atoms with Gasteiger partial charge in [0.25, 0.3) is 10.0 Å². The Bertz CT molecular complexity index is 1150. The van der Waals surface area contributed by atoms with Crippen molar-refractivity contribution < 1.29 is 27.5 Å². The van der Waals surface area contributed by atoms with Crippen LogP contribution < -0.4 is 4.74 Å². The number of para-hydroxylation sites is 1. The van der Waals surface area contributed by atoms with E-state index in [-0.39, 0.29) is 5.09 Å². The number of aryl methyl sites for hydroxylation is 1. The zero-order chi connectivity index (χ0) is 23.4. The maximum absolute atomic E-state index is 13.2. The second-order valence-corrected chi connectivity index (χ2v) is 10.0. The van der Waals surface area contributed by atoms with E-state index in [0.29, 0.717) is 43.7 Å². The number of benzene rings is 2. The van der Waals surface area contributed by atoms with Gasteiger partial charge in [-0.05, 0) is 56.9 Å². The molecule has 0 saturated heterocycles. The summed E-state index contributed by atoms with van der Waals surface area (Å²) in [5.41, 5.74) is 0.155. The summed E-state index contributed by atoms with van der Waals surface area (Å²) in [5, 5.41) is 9.96. The molecule has 0 bridgehead atoms. The molecule has 1 heterocycles. The molecule has 0 aliphatic carbocycles. The Kier molecular flexibility index (Phi) is 7.26. The SMILES string of the molecule is CCCN(CCCc1cccc(OC(C)(C)C(=O)O)c1)S(=O)(=O)c1cc2ccccc2o1. The lowest BCUT2D eigenvalue weighted by molar-refractivity contribution is -0.152. The molecule has 3 aromatic rings. The van der Waals surface area contributed by atoms with Crippen LogP contribution in [0.15, 0.2) is 64.1 Å². The third-order valence-electron chi connectivity index (χ3n) is 5.13. The summed E-state index contributed by atoms with van der Waals surface area (Å²) in [6.45, 7) is 5.67. The predicted octanol–water partition coefficient (Wildman–Crippen LogP) is 4.71. The van der Waals surface area contributed by atoms with Crippen molar-refractivity contribution in [3.05, 3.63) is 60.2 Å². The van der Waals surface area contributed by atoms with Gasteiger partial charge in [0.2, 0.25) is 5.09 Å². The lowest BCUT2D eigenvalue weighted by atomic mass is 10.1. The molecule has 1 N–H and O–H groups in total. The van der Waals surface area contributed by atoms with E-state index in [1.165, 1.54) is 18.2 Å². The molecule has 3 rings (SSSR count). The Balaban J connectivity index is 1.68. The molecular formula is C24H29NO6S. The van der Waals surface area contributed by atoms with E-state index >= 15 is 0 Å². The molecule has 32 heavy (non-hydrogen) atoms. The van der Waals surface area contributed by atoms with Crippen LogP contribution in [0.4, 0.5) is 0 Å². The van der Waals surface area contributed by atoms with Crippen molar-refractivity contribution in [1.29, 1.82) is 0 Å². The molecule has 1 aromatic heterocycles. The van der Waals surface area contributed by atoms with Crippen molar-refractivity contribution in [3.8, 4) is 5.75 Å². The smallest absolute Gasteiger partial charge is 0.347 e. The van der Waals surface area contributed by atoms with E-state index in [2.05, 4.69) is 0 Å². The minimum Gasteiger partial charge on any atom is -0.478 e. The van der Waals surface area contributed by atoms with E-state index < -0.39 is 21.6 Å². The Morgan fingerprint density at radius 1 is 1.09 bits per heavy atom. The zero-order valence-electron chi connectivity index (χ0n) is 18.6. The van der Waals surface area contributed by atoms with Crippen LogP contribution >= 0.6 is 0 Å². The fourth-order valence-corrected chi connectivity index (χ4v) is 4.89. The van der Waals surface area contributed by atoms with Gasteiger partial charge in [0.05, 0.1) is 0 Å². The molecule has 0 amide bonds. The number of nitrogens with zero attached hydrogens (tertiary/aromatic N) is 1. The maximum atomic E-state index is 13.2. The van der Waals surface area contributed by atoms with Crippen LogP contribution in [0, 0.1) is 0 Å². The minimum atomic E-state index is -3.74. The van der Waals surface area contributed by atoms with E-state index in [9.17, 15) is 18.3 Å². The second-order valence-electron chi connectivity index (χ2n) is 8.18. The summed E-state index contributed by atoms with van der Waals surface area (Å²) in [5.74, 6) is -0.580. The van der Waals surface area contributed by atoms with Crippen LogP contribution in [0.3, 0.4) is 0 Å². The molecule has 0 aliphatic heterocycles. The lowest BCUT2D eigenvalue weighted by Gasteiger charge is -2.22. The van der Waals surface area contributed by atoms with Crippen molar-refractivity contribution in [2.75, 3.05) is 13.1 Å². The summed E-state index contributed by atoms with van der Waals surface area (Å²) >= 11 is 0. The third-order valence-corrected chi connectivity index (χ3v) is 6.88. The van der Waals surface area contributed by atoms with Crippen LogP contribution in [0.5, 0.6) is 5.75 Å². The highest BCUT2D eigenvalue weighted by Crippen LogP contribution is 2.26. The second kappa shape index (κ2) is 9.75. The third kappa shape index (κ3) is 5.49. The van der Waals surface area contributed by atoms with Crippen molar-refractivity contribution in [1.82, 2.24) is 4.31 Å². The van der Waals surface area contributed by atoms with E-state index in [1.807, 2.05) is 31.2 Å². The molecule has 0 aliphatic rings. The molecule has 0 spiro atoms. The molecule has 0 radical (unpaired) electrons. The Hall–Kier alpha value is -2.84. The van der Waals surface area contributed by atoms with Gasteiger partial charge in [0, 0.05) is 24.5 Å². The molecule has 2 aromatic carbocycles. The van der Waals surface area contributed by atoms with Gasteiger partial charge in [-0.2, -0.15) is 4.31 Å².